The number of hydrogen-bond acceptors (Lipinski definition) is 5. The Balaban J connectivity index is 1.51. The summed E-state index contributed by atoms with van der Waals surface area (Å²) in [5, 5.41) is 6.69. The molecular formula is C24H22N4O3. The second kappa shape index (κ2) is 9.21. The van der Waals surface area contributed by atoms with Crippen LogP contribution in [0.2, 0.25) is 0 Å². The van der Waals surface area contributed by atoms with Crippen molar-refractivity contribution in [2.75, 3.05) is 6.54 Å². The summed E-state index contributed by atoms with van der Waals surface area (Å²) in [7, 11) is 0. The summed E-state index contributed by atoms with van der Waals surface area (Å²) in [6.45, 7) is 2.16. The van der Waals surface area contributed by atoms with Crippen molar-refractivity contribution in [2.24, 2.45) is 0 Å². The first-order valence-corrected chi connectivity index (χ1v) is 10.0. The molecule has 0 radical (unpaired) electrons. The van der Waals surface area contributed by atoms with Crippen LogP contribution in [0.4, 0.5) is 0 Å². The summed E-state index contributed by atoms with van der Waals surface area (Å²) in [6, 6.07) is 23.3. The molecule has 0 fully saturated rings. The lowest BCUT2D eigenvalue weighted by atomic mass is 9.88. The number of nitrogens with zero attached hydrogens (tertiary/aromatic N) is 3. The SMILES string of the molecule is Cc1c(C(=O)NCCC(c2ccccc2)c2ccccc2)ccc(=O)n1-c1ncon1. The molecule has 0 saturated heterocycles. The van der Waals surface area contributed by atoms with Crippen molar-refractivity contribution in [3.05, 3.63) is 112 Å². The van der Waals surface area contributed by atoms with Crippen LogP contribution in [0.1, 0.15) is 39.5 Å². The molecule has 4 rings (SSSR count). The van der Waals surface area contributed by atoms with Gasteiger partial charge in [-0.15, -0.1) is 0 Å². The van der Waals surface area contributed by atoms with E-state index in [1.165, 1.54) is 27.8 Å². The molecule has 2 aromatic heterocycles. The summed E-state index contributed by atoms with van der Waals surface area (Å²) in [5.74, 6) is 0.0112. The van der Waals surface area contributed by atoms with Crippen LogP contribution in [0.15, 0.2) is 88.5 Å². The Morgan fingerprint density at radius 1 is 1.00 bits per heavy atom. The molecule has 0 saturated carbocycles. The van der Waals surface area contributed by atoms with E-state index in [1.807, 2.05) is 36.4 Å². The zero-order valence-electron chi connectivity index (χ0n) is 17.1. The molecule has 0 unspecified atom stereocenters. The molecule has 0 aliphatic carbocycles. The molecule has 0 atom stereocenters. The van der Waals surface area contributed by atoms with Crippen molar-refractivity contribution in [3.8, 4) is 5.95 Å². The van der Waals surface area contributed by atoms with Crippen molar-refractivity contribution in [1.29, 1.82) is 0 Å². The summed E-state index contributed by atoms with van der Waals surface area (Å²) in [5.41, 5.74) is 2.91. The molecular weight excluding hydrogens is 392 g/mol. The van der Waals surface area contributed by atoms with Gasteiger partial charge >= 0.3 is 0 Å². The number of aromatic nitrogens is 3. The zero-order chi connectivity index (χ0) is 21.6. The number of hydrogen-bond donors (Lipinski definition) is 1. The fraction of sp³-hybridized carbons (Fsp3) is 0.167. The Morgan fingerprint density at radius 2 is 1.65 bits per heavy atom. The average Bonchev–Trinajstić information content (AvgIpc) is 3.32. The van der Waals surface area contributed by atoms with Crippen molar-refractivity contribution in [1.82, 2.24) is 20.0 Å². The molecule has 0 aliphatic heterocycles. The van der Waals surface area contributed by atoms with Crippen LogP contribution in [0, 0.1) is 6.92 Å². The standard InChI is InChI=1S/C24H22N4O3/c1-17-20(12-13-22(29)28(17)24-26-16-31-27-24)23(30)25-15-14-21(18-8-4-2-5-9-18)19-10-6-3-7-11-19/h2-13,16,21H,14-15H2,1H3,(H,25,30). The molecule has 0 bridgehead atoms. The second-order valence-corrected chi connectivity index (χ2v) is 7.16. The highest BCUT2D eigenvalue weighted by Gasteiger charge is 2.18. The summed E-state index contributed by atoms with van der Waals surface area (Å²) < 4.78 is 5.99. The van der Waals surface area contributed by atoms with Gasteiger partial charge in [0, 0.05) is 24.2 Å². The van der Waals surface area contributed by atoms with Crippen molar-refractivity contribution in [3.63, 3.8) is 0 Å². The van der Waals surface area contributed by atoms with Gasteiger partial charge < -0.3 is 9.84 Å². The number of carbonyl (C=O) groups is 1. The van der Waals surface area contributed by atoms with Crippen LogP contribution >= 0.6 is 0 Å². The molecule has 0 spiro atoms. The highest BCUT2D eigenvalue weighted by atomic mass is 16.5. The van der Waals surface area contributed by atoms with Crippen LogP contribution in [-0.4, -0.2) is 27.2 Å². The van der Waals surface area contributed by atoms with Gasteiger partial charge in [-0.1, -0.05) is 60.7 Å². The number of pyridine rings is 1. The van der Waals surface area contributed by atoms with Gasteiger partial charge in [0.15, 0.2) is 0 Å². The quantitative estimate of drug-likeness (QED) is 0.500. The topological polar surface area (TPSA) is 90.0 Å². The predicted molar refractivity (Wildman–Crippen MR) is 116 cm³/mol. The van der Waals surface area contributed by atoms with E-state index in [2.05, 4.69) is 39.7 Å². The van der Waals surface area contributed by atoms with Crippen LogP contribution in [-0.2, 0) is 0 Å². The Labute approximate surface area is 179 Å². The Hall–Kier alpha value is -4.00. The van der Waals surface area contributed by atoms with E-state index in [0.29, 0.717) is 17.8 Å². The lowest BCUT2D eigenvalue weighted by Crippen LogP contribution is -2.30. The maximum Gasteiger partial charge on any atom is 0.277 e. The van der Waals surface area contributed by atoms with Crippen LogP contribution in [0.5, 0.6) is 0 Å². The van der Waals surface area contributed by atoms with Gasteiger partial charge in [-0.2, -0.15) is 4.98 Å². The smallest absolute Gasteiger partial charge is 0.277 e. The first kappa shape index (κ1) is 20.3. The number of nitrogens with one attached hydrogen (secondary N) is 1. The number of benzene rings is 2. The molecule has 31 heavy (non-hydrogen) atoms. The molecule has 2 heterocycles. The second-order valence-electron chi connectivity index (χ2n) is 7.16. The minimum Gasteiger partial charge on any atom is -0.352 e. The minimum atomic E-state index is -0.330. The number of carbonyl (C=O) groups excluding carboxylic acids is 1. The lowest BCUT2D eigenvalue weighted by molar-refractivity contribution is 0.0951. The van der Waals surface area contributed by atoms with E-state index in [0.717, 1.165) is 12.8 Å². The number of rotatable bonds is 7. The third-order valence-corrected chi connectivity index (χ3v) is 5.25. The fourth-order valence-corrected chi connectivity index (χ4v) is 3.71. The fourth-order valence-electron chi connectivity index (χ4n) is 3.71. The Kier molecular flexibility index (Phi) is 6.03. The molecule has 7 nitrogen and oxygen atoms in total. The van der Waals surface area contributed by atoms with Crippen molar-refractivity contribution in [2.45, 2.75) is 19.3 Å². The van der Waals surface area contributed by atoms with Gasteiger partial charge in [0.2, 0.25) is 6.39 Å². The molecule has 7 heteroatoms. The molecule has 4 aromatic rings. The first-order valence-electron chi connectivity index (χ1n) is 10.0. The van der Waals surface area contributed by atoms with Gasteiger partial charge in [0.25, 0.3) is 17.4 Å². The maximum atomic E-state index is 12.9. The predicted octanol–water partition coefficient (Wildman–Crippen LogP) is 3.48. The van der Waals surface area contributed by atoms with Crippen molar-refractivity contribution < 1.29 is 9.32 Å². The van der Waals surface area contributed by atoms with Gasteiger partial charge in [0.05, 0.1) is 5.56 Å². The van der Waals surface area contributed by atoms with Crippen LogP contribution in [0.3, 0.4) is 0 Å². The normalized spacial score (nSPS) is 10.9. The van der Waals surface area contributed by atoms with E-state index < -0.39 is 0 Å². The largest absolute Gasteiger partial charge is 0.352 e. The Morgan fingerprint density at radius 3 is 2.23 bits per heavy atom. The van der Waals surface area contributed by atoms with E-state index in [1.54, 1.807) is 6.92 Å². The van der Waals surface area contributed by atoms with E-state index in [-0.39, 0.29) is 23.3 Å². The minimum absolute atomic E-state index is 0.102. The lowest BCUT2D eigenvalue weighted by Gasteiger charge is -2.19. The molecule has 2 aromatic carbocycles. The highest BCUT2D eigenvalue weighted by molar-refractivity contribution is 5.95. The monoisotopic (exact) mass is 414 g/mol. The first-order chi connectivity index (χ1) is 15.1. The molecule has 1 amide bonds. The highest BCUT2D eigenvalue weighted by Crippen LogP contribution is 2.27. The Bertz CT molecular complexity index is 1160. The molecule has 156 valence electrons. The zero-order valence-corrected chi connectivity index (χ0v) is 17.1. The van der Waals surface area contributed by atoms with Gasteiger partial charge in [-0.3, -0.25) is 9.59 Å². The summed E-state index contributed by atoms with van der Waals surface area (Å²) in [4.78, 5) is 29.0. The van der Waals surface area contributed by atoms with Crippen LogP contribution in [0.25, 0.3) is 5.95 Å². The summed E-state index contributed by atoms with van der Waals surface area (Å²) >= 11 is 0. The third kappa shape index (κ3) is 4.45. The third-order valence-electron chi connectivity index (χ3n) is 5.25. The van der Waals surface area contributed by atoms with E-state index >= 15 is 0 Å². The summed E-state index contributed by atoms with van der Waals surface area (Å²) in [6.07, 6.45) is 1.88. The van der Waals surface area contributed by atoms with Gasteiger partial charge in [0.1, 0.15) is 0 Å². The van der Waals surface area contributed by atoms with E-state index in [4.69, 9.17) is 4.52 Å². The van der Waals surface area contributed by atoms with Crippen LogP contribution < -0.4 is 10.9 Å². The van der Waals surface area contributed by atoms with Crippen molar-refractivity contribution >= 4 is 5.91 Å². The van der Waals surface area contributed by atoms with Gasteiger partial charge in [-0.25, -0.2) is 4.57 Å². The number of amides is 1. The van der Waals surface area contributed by atoms with Gasteiger partial charge in [-0.05, 0) is 35.7 Å². The van der Waals surface area contributed by atoms with E-state index in [9.17, 15) is 9.59 Å². The average molecular weight is 414 g/mol. The molecule has 0 aliphatic rings. The molecule has 1 N–H and O–H groups in total. The maximum absolute atomic E-state index is 12.9.